The highest BCUT2D eigenvalue weighted by Crippen LogP contribution is 2.39. The van der Waals surface area contributed by atoms with Gasteiger partial charge < -0.3 is 24.6 Å². The van der Waals surface area contributed by atoms with Crippen LogP contribution in [-0.2, 0) is 16.1 Å². The van der Waals surface area contributed by atoms with E-state index in [0.717, 1.165) is 18.4 Å². The molecular weight excluding hydrogens is 346 g/mol. The van der Waals surface area contributed by atoms with Crippen LogP contribution in [0.4, 0.5) is 9.59 Å². The van der Waals surface area contributed by atoms with E-state index in [1.807, 2.05) is 42.2 Å². The van der Waals surface area contributed by atoms with Crippen molar-refractivity contribution < 1.29 is 19.1 Å². The number of nitrogens with one attached hydrogen (secondary N) is 1. The molecule has 3 amide bonds. The number of rotatable bonds is 3. The Morgan fingerprint density at radius 2 is 1.93 bits per heavy atom. The maximum atomic E-state index is 12.6. The predicted molar refractivity (Wildman–Crippen MR) is 99.2 cm³/mol. The zero-order chi connectivity index (χ0) is 18.9. The number of hydrogen-bond donors (Lipinski definition) is 1. The van der Waals surface area contributed by atoms with Gasteiger partial charge in [-0.15, -0.1) is 0 Å². The van der Waals surface area contributed by atoms with Gasteiger partial charge in [0.1, 0.15) is 6.61 Å². The second kappa shape index (κ2) is 7.38. The number of carbonyl (C=O) groups excluding carboxylic acids is 2. The van der Waals surface area contributed by atoms with E-state index in [4.69, 9.17) is 9.47 Å². The summed E-state index contributed by atoms with van der Waals surface area (Å²) in [5.41, 5.74) is 0.838. The Labute approximate surface area is 159 Å². The number of nitrogens with zero attached hydrogens (tertiary/aromatic N) is 2. The Morgan fingerprint density at radius 1 is 1.19 bits per heavy atom. The zero-order valence-corrected chi connectivity index (χ0v) is 15.7. The van der Waals surface area contributed by atoms with Gasteiger partial charge in [0.25, 0.3) is 0 Å². The summed E-state index contributed by atoms with van der Waals surface area (Å²) in [4.78, 5) is 28.1. The molecule has 1 aromatic rings. The van der Waals surface area contributed by atoms with Crippen molar-refractivity contribution in [1.29, 1.82) is 0 Å². The van der Waals surface area contributed by atoms with Crippen LogP contribution >= 0.6 is 0 Å². The fraction of sp³-hybridized carbons (Fsp3) is 0.600. The van der Waals surface area contributed by atoms with Gasteiger partial charge in [0, 0.05) is 19.6 Å². The first kappa shape index (κ1) is 18.1. The van der Waals surface area contributed by atoms with Gasteiger partial charge in [0.05, 0.1) is 24.3 Å². The van der Waals surface area contributed by atoms with Crippen molar-refractivity contribution in [3.05, 3.63) is 35.9 Å². The van der Waals surface area contributed by atoms with Gasteiger partial charge in [-0.2, -0.15) is 0 Å². The van der Waals surface area contributed by atoms with Gasteiger partial charge in [0.2, 0.25) is 0 Å². The fourth-order valence-electron chi connectivity index (χ4n) is 4.02. The van der Waals surface area contributed by atoms with Crippen molar-refractivity contribution >= 4 is 12.1 Å². The third-order valence-corrected chi connectivity index (χ3v) is 5.63. The van der Waals surface area contributed by atoms with Crippen molar-refractivity contribution in [3.63, 3.8) is 0 Å². The molecule has 1 unspecified atom stereocenters. The highest BCUT2D eigenvalue weighted by Gasteiger charge is 2.46. The molecule has 3 fully saturated rings. The number of hydrogen-bond acceptors (Lipinski definition) is 4. The van der Waals surface area contributed by atoms with Gasteiger partial charge >= 0.3 is 12.1 Å². The molecule has 1 N–H and O–H groups in total. The molecule has 146 valence electrons. The normalized spacial score (nSPS) is 24.1. The minimum atomic E-state index is -0.335. The van der Waals surface area contributed by atoms with Crippen molar-refractivity contribution in [2.75, 3.05) is 26.2 Å². The first-order valence-electron chi connectivity index (χ1n) is 9.72. The lowest BCUT2D eigenvalue weighted by Crippen LogP contribution is -2.66. The Balaban J connectivity index is 1.19. The summed E-state index contributed by atoms with van der Waals surface area (Å²) in [6.07, 6.45) is 2.97. The summed E-state index contributed by atoms with van der Waals surface area (Å²) in [5, 5.41) is 3.03. The van der Waals surface area contributed by atoms with Crippen LogP contribution in [0.2, 0.25) is 0 Å². The van der Waals surface area contributed by atoms with Gasteiger partial charge in [-0.3, -0.25) is 0 Å². The standard InChI is InChI=1S/C20H27N3O4/c1-15-10-23(14-20(27-15)8-5-9-20)18(24)21-17-11-22(12-17)19(25)26-13-16-6-3-2-4-7-16/h2-4,6-7,15,17H,5,8-14H2,1H3,(H,21,24). The summed E-state index contributed by atoms with van der Waals surface area (Å²) >= 11 is 0. The first-order valence-corrected chi connectivity index (χ1v) is 9.72. The molecule has 7 nitrogen and oxygen atoms in total. The molecule has 1 aromatic carbocycles. The quantitative estimate of drug-likeness (QED) is 0.883. The predicted octanol–water partition coefficient (Wildman–Crippen LogP) is 2.36. The average molecular weight is 373 g/mol. The van der Waals surface area contributed by atoms with E-state index >= 15 is 0 Å². The average Bonchev–Trinajstić information content (AvgIpc) is 2.61. The van der Waals surface area contributed by atoms with E-state index in [-0.39, 0.29) is 36.5 Å². The molecule has 27 heavy (non-hydrogen) atoms. The van der Waals surface area contributed by atoms with E-state index in [9.17, 15) is 9.59 Å². The molecular formula is C20H27N3O4. The molecule has 3 aliphatic rings. The maximum Gasteiger partial charge on any atom is 0.410 e. The molecule has 2 aliphatic heterocycles. The lowest BCUT2D eigenvalue weighted by atomic mass is 9.78. The summed E-state index contributed by atoms with van der Waals surface area (Å²) in [6.45, 7) is 4.55. The highest BCUT2D eigenvalue weighted by atomic mass is 16.6. The van der Waals surface area contributed by atoms with Crippen molar-refractivity contribution in [2.24, 2.45) is 0 Å². The van der Waals surface area contributed by atoms with E-state index < -0.39 is 0 Å². The second-order valence-corrected chi connectivity index (χ2v) is 7.94. The molecule has 1 spiro atoms. The molecule has 2 saturated heterocycles. The lowest BCUT2D eigenvalue weighted by Gasteiger charge is -2.51. The summed E-state index contributed by atoms with van der Waals surface area (Å²) < 4.78 is 11.4. The molecule has 7 heteroatoms. The van der Waals surface area contributed by atoms with Crippen LogP contribution < -0.4 is 5.32 Å². The molecule has 1 saturated carbocycles. The van der Waals surface area contributed by atoms with E-state index in [0.29, 0.717) is 26.2 Å². The number of morpholine rings is 1. The molecule has 0 aromatic heterocycles. The minimum absolute atomic E-state index is 0.0164. The Kier molecular flexibility index (Phi) is 4.95. The topological polar surface area (TPSA) is 71.1 Å². The third kappa shape index (κ3) is 4.03. The Hall–Kier alpha value is -2.28. The molecule has 1 aliphatic carbocycles. The smallest absolute Gasteiger partial charge is 0.410 e. The SMILES string of the molecule is CC1CN(C(=O)NC2CN(C(=O)OCc3ccccc3)C2)CC2(CCC2)O1. The lowest BCUT2D eigenvalue weighted by molar-refractivity contribution is -0.175. The molecule has 1 atom stereocenters. The number of ether oxygens (including phenoxy) is 2. The van der Waals surface area contributed by atoms with Crippen LogP contribution in [0.1, 0.15) is 31.7 Å². The molecule has 2 heterocycles. The van der Waals surface area contributed by atoms with E-state index in [2.05, 4.69) is 5.32 Å². The zero-order valence-electron chi connectivity index (χ0n) is 15.7. The summed E-state index contributed by atoms with van der Waals surface area (Å²) in [5.74, 6) is 0. The largest absolute Gasteiger partial charge is 0.445 e. The van der Waals surface area contributed by atoms with Gasteiger partial charge in [-0.1, -0.05) is 30.3 Å². The van der Waals surface area contributed by atoms with E-state index in [1.54, 1.807) is 4.90 Å². The van der Waals surface area contributed by atoms with Crippen molar-refractivity contribution in [3.8, 4) is 0 Å². The number of amides is 3. The van der Waals surface area contributed by atoms with Crippen LogP contribution in [0.15, 0.2) is 30.3 Å². The Bertz CT molecular complexity index is 686. The number of carbonyl (C=O) groups is 2. The van der Waals surface area contributed by atoms with Crippen LogP contribution in [0.25, 0.3) is 0 Å². The first-order chi connectivity index (χ1) is 13.0. The maximum absolute atomic E-state index is 12.6. The van der Waals surface area contributed by atoms with Crippen LogP contribution in [0.5, 0.6) is 0 Å². The van der Waals surface area contributed by atoms with E-state index in [1.165, 1.54) is 6.42 Å². The second-order valence-electron chi connectivity index (χ2n) is 7.94. The number of likely N-dealkylation sites (tertiary alicyclic amines) is 1. The van der Waals surface area contributed by atoms with Gasteiger partial charge in [-0.25, -0.2) is 9.59 Å². The highest BCUT2D eigenvalue weighted by molar-refractivity contribution is 5.76. The van der Waals surface area contributed by atoms with Crippen LogP contribution in [0, 0.1) is 0 Å². The van der Waals surface area contributed by atoms with Gasteiger partial charge in [-0.05, 0) is 31.7 Å². The van der Waals surface area contributed by atoms with Crippen LogP contribution in [-0.4, -0.2) is 65.9 Å². The summed E-state index contributed by atoms with van der Waals surface area (Å²) in [7, 11) is 0. The molecule has 0 radical (unpaired) electrons. The Morgan fingerprint density at radius 3 is 2.59 bits per heavy atom. The van der Waals surface area contributed by atoms with Crippen LogP contribution in [0.3, 0.4) is 0 Å². The monoisotopic (exact) mass is 373 g/mol. The molecule has 0 bridgehead atoms. The fourth-order valence-corrected chi connectivity index (χ4v) is 4.02. The minimum Gasteiger partial charge on any atom is -0.445 e. The van der Waals surface area contributed by atoms with Crippen molar-refractivity contribution in [1.82, 2.24) is 15.1 Å². The summed E-state index contributed by atoms with van der Waals surface area (Å²) in [6, 6.07) is 9.53. The van der Waals surface area contributed by atoms with Gasteiger partial charge in [0.15, 0.2) is 0 Å². The number of urea groups is 1. The third-order valence-electron chi connectivity index (χ3n) is 5.63. The number of benzene rings is 1. The molecule has 4 rings (SSSR count). The van der Waals surface area contributed by atoms with Crippen molar-refractivity contribution in [2.45, 2.75) is 50.5 Å².